The topological polar surface area (TPSA) is 35.2 Å². The summed E-state index contributed by atoms with van der Waals surface area (Å²) in [5, 5.41) is 1.09. The fraction of sp³-hybridized carbons (Fsp3) is 0.333. The second-order valence-corrected chi connectivity index (χ2v) is 5.72. The molecule has 0 fully saturated rings. The van der Waals surface area contributed by atoms with E-state index < -0.39 is 6.36 Å². The van der Waals surface area contributed by atoms with Gasteiger partial charge in [-0.25, -0.2) is 0 Å². The van der Waals surface area contributed by atoms with Crippen LogP contribution >= 0.6 is 0 Å². The first-order valence-electron chi connectivity index (χ1n) is 6.16. The van der Waals surface area contributed by atoms with Gasteiger partial charge in [0, 0.05) is 11.1 Å². The molecule has 2 nitrogen and oxygen atoms in total. The van der Waals surface area contributed by atoms with Gasteiger partial charge in [0.2, 0.25) is 0 Å². The van der Waals surface area contributed by atoms with Crippen LogP contribution in [0.15, 0.2) is 30.3 Å². The standard InChI is InChI=1S/C15H16F3NO/c1-14(2,3)11-8-10(19)7-9-5-4-6-12(13(9)11)20-15(16,17)18/h4-8H,19H2,1-3H3. The van der Waals surface area contributed by atoms with Gasteiger partial charge in [-0.2, -0.15) is 0 Å². The molecule has 0 aliphatic heterocycles. The Kier molecular flexibility index (Phi) is 3.32. The highest BCUT2D eigenvalue weighted by molar-refractivity contribution is 5.94. The van der Waals surface area contributed by atoms with Crippen LogP contribution in [0, 0.1) is 0 Å². The monoisotopic (exact) mass is 283 g/mol. The third-order valence-corrected chi connectivity index (χ3v) is 2.99. The average molecular weight is 283 g/mol. The number of fused-ring (bicyclic) bond motifs is 1. The van der Waals surface area contributed by atoms with E-state index >= 15 is 0 Å². The predicted octanol–water partition coefficient (Wildman–Crippen LogP) is 4.62. The lowest BCUT2D eigenvalue weighted by atomic mass is 9.83. The molecule has 108 valence electrons. The Balaban J connectivity index is 2.78. The second-order valence-electron chi connectivity index (χ2n) is 5.72. The van der Waals surface area contributed by atoms with Crippen LogP contribution in [0.25, 0.3) is 10.8 Å². The van der Waals surface area contributed by atoms with Crippen molar-refractivity contribution in [2.75, 3.05) is 5.73 Å². The van der Waals surface area contributed by atoms with Crippen molar-refractivity contribution in [2.45, 2.75) is 32.5 Å². The van der Waals surface area contributed by atoms with Gasteiger partial charge in [0.25, 0.3) is 0 Å². The van der Waals surface area contributed by atoms with E-state index in [0.29, 0.717) is 16.5 Å². The molecule has 0 unspecified atom stereocenters. The highest BCUT2D eigenvalue weighted by Crippen LogP contribution is 2.39. The molecule has 0 amide bonds. The molecule has 0 bridgehead atoms. The van der Waals surface area contributed by atoms with E-state index in [-0.39, 0.29) is 11.2 Å². The molecular formula is C15H16F3NO. The van der Waals surface area contributed by atoms with Crippen molar-refractivity contribution in [2.24, 2.45) is 0 Å². The first kappa shape index (κ1) is 14.5. The molecule has 0 saturated carbocycles. The summed E-state index contributed by atoms with van der Waals surface area (Å²) in [5.74, 6) is -0.195. The molecule has 0 atom stereocenters. The number of ether oxygens (including phenoxy) is 1. The number of hydrogen-bond donors (Lipinski definition) is 1. The van der Waals surface area contributed by atoms with Crippen molar-refractivity contribution in [1.82, 2.24) is 0 Å². The summed E-state index contributed by atoms with van der Waals surface area (Å²) in [6.45, 7) is 5.77. The molecular weight excluding hydrogens is 267 g/mol. The van der Waals surface area contributed by atoms with Crippen molar-refractivity contribution in [3.05, 3.63) is 35.9 Å². The van der Waals surface area contributed by atoms with E-state index in [0.717, 1.165) is 5.56 Å². The average Bonchev–Trinajstić information content (AvgIpc) is 2.24. The maximum Gasteiger partial charge on any atom is 0.573 e. The van der Waals surface area contributed by atoms with Crippen LogP contribution in [0.4, 0.5) is 18.9 Å². The van der Waals surface area contributed by atoms with Gasteiger partial charge in [0.1, 0.15) is 5.75 Å². The van der Waals surface area contributed by atoms with Gasteiger partial charge in [0.05, 0.1) is 0 Å². The van der Waals surface area contributed by atoms with Crippen LogP contribution < -0.4 is 10.5 Å². The zero-order valence-corrected chi connectivity index (χ0v) is 11.5. The Bertz CT molecular complexity index is 642. The van der Waals surface area contributed by atoms with Crippen molar-refractivity contribution in [1.29, 1.82) is 0 Å². The number of alkyl halides is 3. The van der Waals surface area contributed by atoms with Gasteiger partial charge in [-0.1, -0.05) is 32.9 Å². The number of nitrogens with two attached hydrogens (primary N) is 1. The lowest BCUT2D eigenvalue weighted by Gasteiger charge is -2.24. The van der Waals surface area contributed by atoms with Gasteiger partial charge >= 0.3 is 6.36 Å². The summed E-state index contributed by atoms with van der Waals surface area (Å²) >= 11 is 0. The molecule has 0 aliphatic rings. The number of benzene rings is 2. The molecule has 2 aromatic rings. The number of nitrogen functional groups attached to an aromatic ring is 1. The minimum absolute atomic E-state index is 0.195. The Labute approximate surface area is 115 Å². The van der Waals surface area contributed by atoms with Crippen molar-refractivity contribution >= 4 is 16.5 Å². The summed E-state index contributed by atoms with van der Waals surface area (Å²) in [4.78, 5) is 0. The number of halogens is 3. The SMILES string of the molecule is CC(C)(C)c1cc(N)cc2cccc(OC(F)(F)F)c12. The molecule has 2 N–H and O–H groups in total. The van der Waals surface area contributed by atoms with Crippen molar-refractivity contribution < 1.29 is 17.9 Å². The number of hydrogen-bond acceptors (Lipinski definition) is 2. The molecule has 0 heterocycles. The Morgan fingerprint density at radius 2 is 1.70 bits per heavy atom. The normalized spacial score (nSPS) is 12.7. The van der Waals surface area contributed by atoms with Gasteiger partial charge in [-0.05, 0) is 34.6 Å². The van der Waals surface area contributed by atoms with Gasteiger partial charge < -0.3 is 10.5 Å². The van der Waals surface area contributed by atoms with Crippen LogP contribution in [0.3, 0.4) is 0 Å². The van der Waals surface area contributed by atoms with Crippen LogP contribution in [-0.4, -0.2) is 6.36 Å². The van der Waals surface area contributed by atoms with Gasteiger partial charge in [0.15, 0.2) is 0 Å². The molecule has 2 rings (SSSR count). The highest BCUT2D eigenvalue weighted by atomic mass is 19.4. The smallest absolute Gasteiger partial charge is 0.405 e. The number of anilines is 1. The fourth-order valence-electron chi connectivity index (χ4n) is 2.22. The maximum absolute atomic E-state index is 12.5. The molecule has 0 spiro atoms. The Morgan fingerprint density at radius 3 is 2.25 bits per heavy atom. The summed E-state index contributed by atoms with van der Waals surface area (Å²) in [6.07, 6.45) is -4.72. The van der Waals surface area contributed by atoms with Gasteiger partial charge in [-0.3, -0.25) is 0 Å². The molecule has 0 aromatic heterocycles. The lowest BCUT2D eigenvalue weighted by Crippen LogP contribution is -2.19. The van der Waals surface area contributed by atoms with Crippen LogP contribution in [-0.2, 0) is 5.41 Å². The predicted molar refractivity (Wildman–Crippen MR) is 73.7 cm³/mol. The molecule has 0 radical (unpaired) electrons. The first-order chi connectivity index (χ1) is 9.08. The third-order valence-electron chi connectivity index (χ3n) is 2.99. The zero-order valence-electron chi connectivity index (χ0n) is 11.5. The largest absolute Gasteiger partial charge is 0.573 e. The highest BCUT2D eigenvalue weighted by Gasteiger charge is 2.32. The molecule has 5 heteroatoms. The van der Waals surface area contributed by atoms with E-state index in [4.69, 9.17) is 5.73 Å². The molecule has 0 saturated heterocycles. The summed E-state index contributed by atoms with van der Waals surface area (Å²) in [6, 6.07) is 7.92. The fourth-order valence-corrected chi connectivity index (χ4v) is 2.22. The first-order valence-corrected chi connectivity index (χ1v) is 6.16. The summed E-state index contributed by atoms with van der Waals surface area (Å²) in [7, 11) is 0. The van der Waals surface area contributed by atoms with E-state index in [9.17, 15) is 13.2 Å². The minimum atomic E-state index is -4.72. The summed E-state index contributed by atoms with van der Waals surface area (Å²) in [5.41, 5.74) is 6.74. The van der Waals surface area contributed by atoms with E-state index in [1.54, 1.807) is 18.2 Å². The van der Waals surface area contributed by atoms with Crippen LogP contribution in [0.2, 0.25) is 0 Å². The third kappa shape index (κ3) is 2.98. The Morgan fingerprint density at radius 1 is 1.05 bits per heavy atom. The van der Waals surface area contributed by atoms with E-state index in [2.05, 4.69) is 4.74 Å². The number of rotatable bonds is 1. The van der Waals surface area contributed by atoms with E-state index in [1.165, 1.54) is 12.1 Å². The molecule has 0 aliphatic carbocycles. The summed E-state index contributed by atoms with van der Waals surface area (Å²) < 4.78 is 41.7. The van der Waals surface area contributed by atoms with Crippen molar-refractivity contribution in [3.8, 4) is 5.75 Å². The Hall–Kier alpha value is -1.91. The molecule has 20 heavy (non-hydrogen) atoms. The van der Waals surface area contributed by atoms with Crippen molar-refractivity contribution in [3.63, 3.8) is 0 Å². The molecule has 2 aromatic carbocycles. The minimum Gasteiger partial charge on any atom is -0.405 e. The quantitative estimate of drug-likeness (QED) is 0.775. The van der Waals surface area contributed by atoms with Gasteiger partial charge in [-0.15, -0.1) is 13.2 Å². The van der Waals surface area contributed by atoms with Crippen LogP contribution in [0.5, 0.6) is 5.75 Å². The van der Waals surface area contributed by atoms with E-state index in [1.807, 2.05) is 20.8 Å². The second kappa shape index (κ2) is 4.58. The lowest BCUT2D eigenvalue weighted by molar-refractivity contribution is -0.274. The maximum atomic E-state index is 12.5. The zero-order chi connectivity index (χ0) is 15.1. The van der Waals surface area contributed by atoms with Crippen LogP contribution in [0.1, 0.15) is 26.3 Å².